The molecule has 7 nitrogen and oxygen atoms in total. The number of hydrogen-bond donors (Lipinski definition) is 1. The molecular formula is C25H35ClN6O. The van der Waals surface area contributed by atoms with Gasteiger partial charge < -0.3 is 15.1 Å². The van der Waals surface area contributed by atoms with Crippen molar-refractivity contribution < 1.29 is 4.79 Å². The summed E-state index contributed by atoms with van der Waals surface area (Å²) < 4.78 is 0. The second-order valence-corrected chi connectivity index (χ2v) is 9.92. The van der Waals surface area contributed by atoms with Crippen molar-refractivity contribution in [2.24, 2.45) is 0 Å². The molecule has 0 aliphatic carbocycles. The van der Waals surface area contributed by atoms with E-state index in [0.717, 1.165) is 67.9 Å². The molecule has 2 aliphatic heterocycles. The van der Waals surface area contributed by atoms with Crippen LogP contribution in [-0.2, 0) is 6.54 Å². The summed E-state index contributed by atoms with van der Waals surface area (Å²) >= 11 is 5.98. The third-order valence-corrected chi connectivity index (χ3v) is 6.75. The van der Waals surface area contributed by atoms with Crippen LogP contribution in [-0.4, -0.2) is 71.1 Å². The van der Waals surface area contributed by atoms with Crippen LogP contribution in [0.2, 0.25) is 5.02 Å². The Morgan fingerprint density at radius 3 is 2.36 bits per heavy atom. The molecule has 8 heteroatoms. The summed E-state index contributed by atoms with van der Waals surface area (Å²) in [7, 11) is 0. The molecule has 178 valence electrons. The first-order valence-electron chi connectivity index (χ1n) is 12.0. The Labute approximate surface area is 202 Å². The number of nitrogens with zero attached hydrogens (tertiary/aromatic N) is 5. The van der Waals surface area contributed by atoms with Gasteiger partial charge in [0.1, 0.15) is 11.6 Å². The average Bonchev–Trinajstić information content (AvgIpc) is 2.81. The van der Waals surface area contributed by atoms with Crippen LogP contribution in [0.1, 0.15) is 49.7 Å². The Kier molecular flexibility index (Phi) is 7.71. The van der Waals surface area contributed by atoms with Crippen LogP contribution in [0, 0.1) is 6.92 Å². The van der Waals surface area contributed by atoms with Crippen molar-refractivity contribution in [3.8, 4) is 0 Å². The molecule has 1 N–H and O–H groups in total. The first-order chi connectivity index (χ1) is 15.9. The third kappa shape index (κ3) is 6.36. The average molecular weight is 471 g/mol. The summed E-state index contributed by atoms with van der Waals surface area (Å²) in [6, 6.07) is 10.4. The van der Waals surface area contributed by atoms with E-state index >= 15 is 0 Å². The molecule has 1 aromatic heterocycles. The molecule has 0 spiro atoms. The number of piperidine rings is 1. The van der Waals surface area contributed by atoms with E-state index in [1.165, 1.54) is 5.56 Å². The quantitative estimate of drug-likeness (QED) is 0.713. The van der Waals surface area contributed by atoms with Gasteiger partial charge in [0.25, 0.3) is 0 Å². The highest BCUT2D eigenvalue weighted by molar-refractivity contribution is 6.30. The molecule has 0 bridgehead atoms. The zero-order valence-electron chi connectivity index (χ0n) is 19.9. The minimum Gasteiger partial charge on any atom is -0.353 e. The summed E-state index contributed by atoms with van der Waals surface area (Å²) in [5, 5.41) is 4.04. The van der Waals surface area contributed by atoms with Crippen LogP contribution >= 0.6 is 11.6 Å². The van der Waals surface area contributed by atoms with E-state index in [9.17, 15) is 4.79 Å². The number of hydrogen-bond acceptors (Lipinski definition) is 5. The minimum atomic E-state index is 0.0625. The van der Waals surface area contributed by atoms with Crippen molar-refractivity contribution in [3.05, 3.63) is 52.4 Å². The van der Waals surface area contributed by atoms with Crippen LogP contribution in [0.15, 0.2) is 30.3 Å². The number of nitrogens with one attached hydrogen (secondary N) is 1. The highest BCUT2D eigenvalue weighted by Gasteiger charge is 2.26. The van der Waals surface area contributed by atoms with Gasteiger partial charge in [0.2, 0.25) is 0 Å². The lowest BCUT2D eigenvalue weighted by Gasteiger charge is -2.37. The van der Waals surface area contributed by atoms with E-state index in [1.807, 2.05) is 30.0 Å². The minimum absolute atomic E-state index is 0.0625. The summed E-state index contributed by atoms with van der Waals surface area (Å²) in [4.78, 5) is 28.8. The molecule has 2 saturated heterocycles. The number of carbonyl (C=O) groups is 1. The van der Waals surface area contributed by atoms with E-state index in [1.54, 1.807) is 0 Å². The van der Waals surface area contributed by atoms with Gasteiger partial charge in [0.05, 0.1) is 0 Å². The molecule has 2 fully saturated rings. The zero-order chi connectivity index (χ0) is 23.4. The molecule has 33 heavy (non-hydrogen) atoms. The van der Waals surface area contributed by atoms with E-state index in [-0.39, 0.29) is 12.1 Å². The Morgan fingerprint density at radius 2 is 1.73 bits per heavy atom. The van der Waals surface area contributed by atoms with E-state index in [4.69, 9.17) is 16.6 Å². The fourth-order valence-corrected chi connectivity index (χ4v) is 4.61. The van der Waals surface area contributed by atoms with Gasteiger partial charge in [-0.1, -0.05) is 37.6 Å². The third-order valence-electron chi connectivity index (χ3n) is 6.50. The largest absolute Gasteiger partial charge is 0.353 e. The topological polar surface area (TPSA) is 64.6 Å². The van der Waals surface area contributed by atoms with Crippen LogP contribution in [0.5, 0.6) is 0 Å². The second-order valence-electron chi connectivity index (χ2n) is 9.48. The van der Waals surface area contributed by atoms with E-state index < -0.39 is 0 Å². The highest BCUT2D eigenvalue weighted by Crippen LogP contribution is 2.20. The summed E-state index contributed by atoms with van der Waals surface area (Å²) in [5.74, 6) is 2.15. The van der Waals surface area contributed by atoms with Crippen molar-refractivity contribution in [2.45, 2.75) is 52.1 Å². The number of benzene rings is 1. The lowest BCUT2D eigenvalue weighted by molar-refractivity contribution is 0.167. The number of halogens is 1. The molecule has 0 unspecified atom stereocenters. The maximum Gasteiger partial charge on any atom is 0.317 e. The molecule has 0 radical (unpaired) electrons. The number of aryl methyl sites for hydroxylation is 1. The Balaban J connectivity index is 1.22. The Bertz CT molecular complexity index is 934. The number of aromatic nitrogens is 2. The Morgan fingerprint density at radius 1 is 1.06 bits per heavy atom. The van der Waals surface area contributed by atoms with Crippen molar-refractivity contribution in [1.82, 2.24) is 25.1 Å². The number of likely N-dealkylation sites (tertiary alicyclic amines) is 1. The van der Waals surface area contributed by atoms with Crippen molar-refractivity contribution in [3.63, 3.8) is 0 Å². The first kappa shape index (κ1) is 23.8. The normalized spacial score (nSPS) is 18.1. The van der Waals surface area contributed by atoms with E-state index in [2.05, 4.69) is 46.1 Å². The van der Waals surface area contributed by atoms with Crippen molar-refractivity contribution in [2.75, 3.05) is 44.2 Å². The van der Waals surface area contributed by atoms with Crippen LogP contribution in [0.25, 0.3) is 0 Å². The molecule has 2 aromatic rings. The first-order valence-corrected chi connectivity index (χ1v) is 12.4. The van der Waals surface area contributed by atoms with Gasteiger partial charge in [-0.2, -0.15) is 0 Å². The molecule has 4 rings (SSSR count). The standard InChI is InChI=1S/C25H35ClN6O/c1-18(2)24-27-19(3)16-23(29-24)31-12-14-32(15-13-31)25(33)28-22-8-10-30(11-9-22)17-20-4-6-21(26)7-5-20/h4-7,16,18,22H,8-15,17H2,1-3H3,(H,28,33). The van der Waals surface area contributed by atoms with Gasteiger partial charge >= 0.3 is 6.03 Å². The second kappa shape index (κ2) is 10.7. The maximum absolute atomic E-state index is 12.9. The molecule has 2 amide bonds. The molecule has 3 heterocycles. The zero-order valence-corrected chi connectivity index (χ0v) is 20.7. The number of carbonyl (C=O) groups excluding carboxylic acids is 1. The van der Waals surface area contributed by atoms with Crippen molar-refractivity contribution >= 4 is 23.4 Å². The van der Waals surface area contributed by atoms with Gasteiger partial charge in [-0.25, -0.2) is 14.8 Å². The number of rotatable bonds is 5. The summed E-state index contributed by atoms with van der Waals surface area (Å²) in [5.41, 5.74) is 2.27. The Hall–Kier alpha value is -2.38. The smallest absolute Gasteiger partial charge is 0.317 e. The van der Waals surface area contributed by atoms with Gasteiger partial charge in [-0.05, 0) is 37.5 Å². The van der Waals surface area contributed by atoms with Crippen LogP contribution in [0.3, 0.4) is 0 Å². The summed E-state index contributed by atoms with van der Waals surface area (Å²) in [6.07, 6.45) is 1.97. The lowest BCUT2D eigenvalue weighted by atomic mass is 10.0. The highest BCUT2D eigenvalue weighted by atomic mass is 35.5. The fourth-order valence-electron chi connectivity index (χ4n) is 4.48. The molecule has 2 aliphatic rings. The number of piperazine rings is 1. The molecule has 0 atom stereocenters. The van der Waals surface area contributed by atoms with E-state index in [0.29, 0.717) is 19.0 Å². The molecule has 1 aromatic carbocycles. The van der Waals surface area contributed by atoms with Gasteiger partial charge in [-0.3, -0.25) is 4.90 Å². The predicted octanol–water partition coefficient (Wildman–Crippen LogP) is 4.06. The lowest BCUT2D eigenvalue weighted by Crippen LogP contribution is -2.55. The number of amides is 2. The maximum atomic E-state index is 12.9. The van der Waals surface area contributed by atoms with Crippen LogP contribution < -0.4 is 10.2 Å². The molecule has 0 saturated carbocycles. The van der Waals surface area contributed by atoms with Crippen molar-refractivity contribution in [1.29, 1.82) is 0 Å². The SMILES string of the molecule is Cc1cc(N2CCN(C(=O)NC3CCN(Cc4ccc(Cl)cc4)CC3)CC2)nc(C(C)C)n1. The van der Waals surface area contributed by atoms with Gasteiger partial charge in [0, 0.05) is 74.6 Å². The molecular weight excluding hydrogens is 436 g/mol. The monoisotopic (exact) mass is 470 g/mol. The summed E-state index contributed by atoms with van der Waals surface area (Å²) in [6.45, 7) is 12.2. The predicted molar refractivity (Wildman–Crippen MR) is 133 cm³/mol. The van der Waals surface area contributed by atoms with Crippen LogP contribution in [0.4, 0.5) is 10.6 Å². The van der Waals surface area contributed by atoms with Gasteiger partial charge in [0.15, 0.2) is 0 Å². The van der Waals surface area contributed by atoms with Gasteiger partial charge in [-0.15, -0.1) is 0 Å². The fraction of sp³-hybridized carbons (Fsp3) is 0.560. The number of urea groups is 1. The number of anilines is 1.